The summed E-state index contributed by atoms with van der Waals surface area (Å²) in [6.45, 7) is 4.96. The van der Waals surface area contributed by atoms with E-state index in [2.05, 4.69) is 27.6 Å². The summed E-state index contributed by atoms with van der Waals surface area (Å²) < 4.78 is 17.6. The number of nitro groups is 1. The van der Waals surface area contributed by atoms with Crippen molar-refractivity contribution in [2.24, 2.45) is 4.99 Å². The second-order valence-corrected chi connectivity index (χ2v) is 7.41. The number of halogens is 1. The molecule has 0 atom stereocenters. The fourth-order valence-corrected chi connectivity index (χ4v) is 3.48. The first-order valence-corrected chi connectivity index (χ1v) is 10.4. The van der Waals surface area contributed by atoms with Crippen LogP contribution in [0.2, 0.25) is 0 Å². The van der Waals surface area contributed by atoms with Gasteiger partial charge in [-0.15, -0.1) is 0 Å². The fraction of sp³-hybridized carbons (Fsp3) is 0.238. The molecule has 0 N–H and O–H groups in total. The number of nitro benzene ring substituents is 1. The third-order valence-electron chi connectivity index (χ3n) is 4.03. The van der Waals surface area contributed by atoms with E-state index in [0.717, 1.165) is 9.99 Å². The van der Waals surface area contributed by atoms with Crippen LogP contribution in [-0.4, -0.2) is 30.0 Å². The highest BCUT2D eigenvalue weighted by Gasteiger charge is 2.25. The maximum Gasteiger partial charge on any atom is 0.363 e. The molecule has 0 aromatic heterocycles. The van der Waals surface area contributed by atoms with E-state index >= 15 is 0 Å². The Morgan fingerprint density at radius 1 is 1.20 bits per heavy atom. The van der Waals surface area contributed by atoms with Gasteiger partial charge in [-0.05, 0) is 71.8 Å². The molecule has 156 valence electrons. The van der Waals surface area contributed by atoms with Crippen LogP contribution in [0.4, 0.5) is 5.69 Å². The van der Waals surface area contributed by atoms with E-state index in [4.69, 9.17) is 14.2 Å². The first-order chi connectivity index (χ1) is 14.4. The van der Waals surface area contributed by atoms with E-state index in [1.807, 2.05) is 19.9 Å². The zero-order valence-electron chi connectivity index (χ0n) is 16.4. The van der Waals surface area contributed by atoms with Gasteiger partial charge in [-0.3, -0.25) is 10.1 Å². The largest absolute Gasteiger partial charge is 0.490 e. The van der Waals surface area contributed by atoms with Crippen molar-refractivity contribution in [2.45, 2.75) is 20.3 Å². The van der Waals surface area contributed by atoms with Crippen LogP contribution in [0.3, 0.4) is 0 Å². The predicted octanol–water partition coefficient (Wildman–Crippen LogP) is 4.73. The van der Waals surface area contributed by atoms with Crippen LogP contribution in [0.5, 0.6) is 11.5 Å². The van der Waals surface area contributed by atoms with Crippen LogP contribution < -0.4 is 9.47 Å². The summed E-state index contributed by atoms with van der Waals surface area (Å²) >= 11 is 2.16. The Bertz CT molecular complexity index is 1030. The Balaban J connectivity index is 1.91. The van der Waals surface area contributed by atoms with Crippen molar-refractivity contribution in [3.8, 4) is 11.5 Å². The quantitative estimate of drug-likeness (QED) is 0.163. The third kappa shape index (κ3) is 4.96. The molecule has 0 fully saturated rings. The SMILES string of the molecule is CCCOc1c(I)cc(/C=C2\N=C(c3ccc([N+](=O)[O-])cc3)OC2=O)cc1OCC. The summed E-state index contributed by atoms with van der Waals surface area (Å²) in [7, 11) is 0. The fourth-order valence-electron chi connectivity index (χ4n) is 2.69. The summed E-state index contributed by atoms with van der Waals surface area (Å²) in [5.74, 6) is 0.771. The van der Waals surface area contributed by atoms with Crippen molar-refractivity contribution in [3.05, 3.63) is 66.9 Å². The van der Waals surface area contributed by atoms with Crippen molar-refractivity contribution < 1.29 is 23.9 Å². The first kappa shape index (κ1) is 21.8. The van der Waals surface area contributed by atoms with Gasteiger partial charge in [0, 0.05) is 17.7 Å². The van der Waals surface area contributed by atoms with Gasteiger partial charge in [0.2, 0.25) is 5.90 Å². The van der Waals surface area contributed by atoms with Gasteiger partial charge in [-0.2, -0.15) is 0 Å². The first-order valence-electron chi connectivity index (χ1n) is 9.29. The molecular formula is C21H19IN2O6. The molecule has 0 bridgehead atoms. The monoisotopic (exact) mass is 522 g/mol. The van der Waals surface area contributed by atoms with Gasteiger partial charge in [-0.1, -0.05) is 6.92 Å². The number of hydrogen-bond donors (Lipinski definition) is 0. The highest BCUT2D eigenvalue weighted by atomic mass is 127. The van der Waals surface area contributed by atoms with Crippen molar-refractivity contribution in [2.75, 3.05) is 13.2 Å². The summed E-state index contributed by atoms with van der Waals surface area (Å²) in [5, 5.41) is 10.8. The molecule has 2 aromatic rings. The molecule has 9 heteroatoms. The third-order valence-corrected chi connectivity index (χ3v) is 4.83. The highest BCUT2D eigenvalue weighted by molar-refractivity contribution is 14.1. The summed E-state index contributed by atoms with van der Waals surface area (Å²) in [6, 6.07) is 9.30. The van der Waals surface area contributed by atoms with Crippen LogP contribution in [-0.2, 0) is 9.53 Å². The lowest BCUT2D eigenvalue weighted by molar-refractivity contribution is -0.384. The van der Waals surface area contributed by atoms with Gasteiger partial charge in [0.05, 0.1) is 21.7 Å². The molecule has 1 aliphatic heterocycles. The maximum absolute atomic E-state index is 12.3. The normalized spacial score (nSPS) is 14.4. The van der Waals surface area contributed by atoms with Crippen molar-refractivity contribution in [1.29, 1.82) is 0 Å². The number of carbonyl (C=O) groups is 1. The minimum absolute atomic E-state index is 0.0529. The lowest BCUT2D eigenvalue weighted by Gasteiger charge is -2.14. The molecular weight excluding hydrogens is 503 g/mol. The molecule has 0 saturated carbocycles. The van der Waals surface area contributed by atoms with E-state index in [0.29, 0.717) is 35.8 Å². The number of non-ortho nitro benzene ring substituents is 1. The molecule has 0 spiro atoms. The van der Waals surface area contributed by atoms with Gasteiger partial charge in [0.15, 0.2) is 17.2 Å². The highest BCUT2D eigenvalue weighted by Crippen LogP contribution is 2.35. The number of carbonyl (C=O) groups excluding carboxylic acids is 1. The molecule has 0 amide bonds. The van der Waals surface area contributed by atoms with Crippen LogP contribution in [0, 0.1) is 13.7 Å². The summed E-state index contributed by atoms with van der Waals surface area (Å²) in [6.07, 6.45) is 2.48. The van der Waals surface area contributed by atoms with Gasteiger partial charge in [0.1, 0.15) is 0 Å². The summed E-state index contributed by atoms with van der Waals surface area (Å²) in [5.41, 5.74) is 1.27. The Labute approximate surface area is 186 Å². The van der Waals surface area contributed by atoms with Crippen LogP contribution >= 0.6 is 22.6 Å². The van der Waals surface area contributed by atoms with Gasteiger partial charge in [0.25, 0.3) is 5.69 Å². The van der Waals surface area contributed by atoms with Gasteiger partial charge in [-0.25, -0.2) is 9.79 Å². The minimum atomic E-state index is -0.595. The Kier molecular flexibility index (Phi) is 7.03. The smallest absolute Gasteiger partial charge is 0.363 e. The molecule has 1 aliphatic rings. The predicted molar refractivity (Wildman–Crippen MR) is 120 cm³/mol. The molecule has 3 rings (SSSR count). The standard InChI is InChI=1S/C21H19IN2O6/c1-3-9-29-19-16(22)10-13(12-18(19)28-4-2)11-17-21(25)30-20(23-17)14-5-7-15(8-6-14)24(26)27/h5-8,10-12H,3-4,9H2,1-2H3/b17-11-. The molecule has 0 radical (unpaired) electrons. The second-order valence-electron chi connectivity index (χ2n) is 6.25. The average Bonchev–Trinajstić information content (AvgIpc) is 3.08. The Hall–Kier alpha value is -2.95. The molecule has 8 nitrogen and oxygen atoms in total. The van der Waals surface area contributed by atoms with E-state index < -0.39 is 10.9 Å². The summed E-state index contributed by atoms with van der Waals surface area (Å²) in [4.78, 5) is 26.8. The Morgan fingerprint density at radius 2 is 1.93 bits per heavy atom. The second kappa shape index (κ2) is 9.70. The molecule has 0 unspecified atom stereocenters. The average molecular weight is 522 g/mol. The van der Waals surface area contributed by atoms with Gasteiger partial charge >= 0.3 is 5.97 Å². The van der Waals surface area contributed by atoms with E-state index in [9.17, 15) is 14.9 Å². The molecule has 30 heavy (non-hydrogen) atoms. The number of benzene rings is 2. The molecule has 0 aliphatic carbocycles. The zero-order chi connectivity index (χ0) is 21.7. The van der Waals surface area contributed by atoms with Crippen molar-refractivity contribution in [1.82, 2.24) is 0 Å². The lowest BCUT2D eigenvalue weighted by atomic mass is 10.1. The topological polar surface area (TPSA) is 100 Å². The lowest BCUT2D eigenvalue weighted by Crippen LogP contribution is -2.05. The van der Waals surface area contributed by atoms with E-state index in [-0.39, 0.29) is 17.3 Å². The number of cyclic esters (lactones) is 1. The van der Waals surface area contributed by atoms with E-state index in [1.165, 1.54) is 24.3 Å². The minimum Gasteiger partial charge on any atom is -0.490 e. The van der Waals surface area contributed by atoms with Crippen LogP contribution in [0.15, 0.2) is 47.1 Å². The van der Waals surface area contributed by atoms with Crippen LogP contribution in [0.25, 0.3) is 6.08 Å². The van der Waals surface area contributed by atoms with E-state index in [1.54, 1.807) is 12.1 Å². The molecule has 1 heterocycles. The molecule has 0 saturated heterocycles. The maximum atomic E-state index is 12.3. The number of aliphatic imine (C=N–C) groups is 1. The number of nitrogens with zero attached hydrogens (tertiary/aromatic N) is 2. The van der Waals surface area contributed by atoms with Gasteiger partial charge < -0.3 is 14.2 Å². The van der Waals surface area contributed by atoms with Crippen molar-refractivity contribution >= 4 is 46.2 Å². The van der Waals surface area contributed by atoms with Crippen LogP contribution in [0.1, 0.15) is 31.4 Å². The van der Waals surface area contributed by atoms with Crippen molar-refractivity contribution in [3.63, 3.8) is 0 Å². The number of hydrogen-bond acceptors (Lipinski definition) is 7. The number of ether oxygens (including phenoxy) is 3. The molecule has 2 aromatic carbocycles. The number of rotatable bonds is 8. The number of esters is 1. The Morgan fingerprint density at radius 3 is 2.57 bits per heavy atom. The zero-order valence-corrected chi connectivity index (χ0v) is 18.5.